The molecule has 2 atom stereocenters. The van der Waals surface area contributed by atoms with E-state index in [0.717, 1.165) is 6.42 Å². The first-order valence-corrected chi connectivity index (χ1v) is 3.19. The standard InChI is InChI=1S/C4H13N2P/c1-2-3-4(7)6-5/h4,6H,2-3,5,7H2,1H3. The Morgan fingerprint density at radius 2 is 2.43 bits per heavy atom. The van der Waals surface area contributed by atoms with E-state index in [0.29, 0.717) is 5.78 Å². The van der Waals surface area contributed by atoms with Gasteiger partial charge in [0.1, 0.15) is 0 Å². The Kier molecular flexibility index (Phi) is 4.73. The van der Waals surface area contributed by atoms with Crippen molar-refractivity contribution in [2.45, 2.75) is 25.5 Å². The summed E-state index contributed by atoms with van der Waals surface area (Å²) < 4.78 is 0. The molecule has 2 nitrogen and oxygen atoms in total. The fourth-order valence-electron chi connectivity index (χ4n) is 0.394. The molecular formula is C4H13N2P. The normalized spacial score (nSPS) is 14.1. The topological polar surface area (TPSA) is 38.0 Å². The molecule has 0 radical (unpaired) electrons. The summed E-state index contributed by atoms with van der Waals surface area (Å²) in [6.45, 7) is 2.13. The maximum atomic E-state index is 5.09. The van der Waals surface area contributed by atoms with Gasteiger partial charge in [0, 0.05) is 5.78 Å². The molecule has 0 saturated carbocycles. The van der Waals surface area contributed by atoms with E-state index < -0.39 is 0 Å². The Morgan fingerprint density at radius 3 is 2.57 bits per heavy atom. The minimum absolute atomic E-state index is 0.394. The molecule has 0 heterocycles. The van der Waals surface area contributed by atoms with Gasteiger partial charge in [0.15, 0.2) is 0 Å². The lowest BCUT2D eigenvalue weighted by molar-refractivity contribution is 0.626. The van der Waals surface area contributed by atoms with Gasteiger partial charge in [0.2, 0.25) is 0 Å². The van der Waals surface area contributed by atoms with Gasteiger partial charge in [-0.25, -0.2) is 0 Å². The third kappa shape index (κ3) is 4.20. The van der Waals surface area contributed by atoms with E-state index in [1.165, 1.54) is 6.42 Å². The van der Waals surface area contributed by atoms with Crippen molar-refractivity contribution in [3.8, 4) is 0 Å². The molecule has 0 saturated heterocycles. The molecule has 0 aliphatic carbocycles. The largest absolute Gasteiger partial charge is 0.271 e. The number of rotatable bonds is 3. The lowest BCUT2D eigenvalue weighted by atomic mass is 10.3. The quantitative estimate of drug-likeness (QED) is 0.322. The summed E-state index contributed by atoms with van der Waals surface area (Å²) in [6.07, 6.45) is 2.31. The monoisotopic (exact) mass is 120 g/mol. The van der Waals surface area contributed by atoms with Crippen molar-refractivity contribution in [3.05, 3.63) is 0 Å². The molecular weight excluding hydrogens is 107 g/mol. The van der Waals surface area contributed by atoms with Crippen molar-refractivity contribution in [1.29, 1.82) is 0 Å². The van der Waals surface area contributed by atoms with E-state index >= 15 is 0 Å². The van der Waals surface area contributed by atoms with E-state index in [-0.39, 0.29) is 0 Å². The van der Waals surface area contributed by atoms with E-state index in [4.69, 9.17) is 5.84 Å². The molecule has 0 bridgehead atoms. The highest BCUT2D eigenvalue weighted by Crippen LogP contribution is 2.00. The molecule has 3 N–H and O–H groups in total. The zero-order chi connectivity index (χ0) is 5.70. The fraction of sp³-hybridized carbons (Fsp3) is 1.00. The summed E-state index contributed by atoms with van der Waals surface area (Å²) in [5.41, 5.74) is 2.63. The van der Waals surface area contributed by atoms with Gasteiger partial charge in [-0.3, -0.25) is 11.3 Å². The number of nitrogens with one attached hydrogen (secondary N) is 1. The Balaban J connectivity index is 2.83. The minimum atomic E-state index is 0.394. The van der Waals surface area contributed by atoms with Gasteiger partial charge in [-0.2, -0.15) is 0 Å². The first-order chi connectivity index (χ1) is 3.31. The molecule has 7 heavy (non-hydrogen) atoms. The first kappa shape index (κ1) is 7.35. The molecule has 0 aliphatic rings. The highest BCUT2D eigenvalue weighted by Gasteiger charge is 1.91. The number of hydrazine groups is 1. The molecule has 0 rings (SSSR count). The van der Waals surface area contributed by atoms with Crippen LogP contribution < -0.4 is 11.3 Å². The van der Waals surface area contributed by atoms with Crippen LogP contribution in [0.25, 0.3) is 0 Å². The van der Waals surface area contributed by atoms with Crippen molar-refractivity contribution in [2.75, 3.05) is 0 Å². The lowest BCUT2D eigenvalue weighted by Crippen LogP contribution is -2.29. The van der Waals surface area contributed by atoms with Crippen LogP contribution >= 0.6 is 9.24 Å². The molecule has 0 aromatic rings. The maximum absolute atomic E-state index is 5.09. The average Bonchev–Trinajstić information content (AvgIpc) is 1.68. The Hall–Kier alpha value is 0.350. The molecule has 0 spiro atoms. The molecule has 44 valence electrons. The minimum Gasteiger partial charge on any atom is -0.271 e. The number of hydrogen-bond acceptors (Lipinski definition) is 2. The van der Waals surface area contributed by atoms with Crippen LogP contribution in [-0.4, -0.2) is 5.78 Å². The second-order valence-corrected chi connectivity index (χ2v) is 2.37. The van der Waals surface area contributed by atoms with Crippen molar-refractivity contribution in [2.24, 2.45) is 5.84 Å². The van der Waals surface area contributed by atoms with E-state index in [9.17, 15) is 0 Å². The molecule has 2 unspecified atom stereocenters. The average molecular weight is 120 g/mol. The van der Waals surface area contributed by atoms with Crippen molar-refractivity contribution in [3.63, 3.8) is 0 Å². The SMILES string of the molecule is CCCC(P)NN. The van der Waals surface area contributed by atoms with Gasteiger partial charge in [-0.1, -0.05) is 13.3 Å². The molecule has 0 aromatic carbocycles. The van der Waals surface area contributed by atoms with Gasteiger partial charge >= 0.3 is 0 Å². The summed E-state index contributed by atoms with van der Waals surface area (Å²) >= 11 is 0. The van der Waals surface area contributed by atoms with Crippen LogP contribution in [0.3, 0.4) is 0 Å². The van der Waals surface area contributed by atoms with E-state index in [2.05, 4.69) is 21.6 Å². The summed E-state index contributed by atoms with van der Waals surface area (Å²) in [5.74, 6) is 5.48. The number of nitrogens with two attached hydrogens (primary N) is 1. The predicted molar refractivity (Wildman–Crippen MR) is 35.7 cm³/mol. The third-order valence-corrected chi connectivity index (χ3v) is 1.34. The summed E-state index contributed by atoms with van der Waals surface area (Å²) in [7, 11) is 2.62. The van der Waals surface area contributed by atoms with Crippen LogP contribution in [0.4, 0.5) is 0 Å². The van der Waals surface area contributed by atoms with Crippen LogP contribution in [0.1, 0.15) is 19.8 Å². The molecule has 0 fully saturated rings. The lowest BCUT2D eigenvalue weighted by Gasteiger charge is -2.04. The predicted octanol–water partition coefficient (Wildman–Crippen LogP) is 0.451. The third-order valence-electron chi connectivity index (χ3n) is 0.814. The number of hydrogen-bond donors (Lipinski definition) is 2. The highest BCUT2D eigenvalue weighted by atomic mass is 31.0. The van der Waals surface area contributed by atoms with E-state index in [1.54, 1.807) is 0 Å². The second-order valence-electron chi connectivity index (χ2n) is 1.56. The van der Waals surface area contributed by atoms with Crippen LogP contribution in [0.2, 0.25) is 0 Å². The zero-order valence-corrected chi connectivity index (χ0v) is 5.80. The summed E-state index contributed by atoms with van der Waals surface area (Å²) in [4.78, 5) is 0. The zero-order valence-electron chi connectivity index (χ0n) is 4.65. The summed E-state index contributed by atoms with van der Waals surface area (Å²) in [6, 6.07) is 0. The van der Waals surface area contributed by atoms with Gasteiger partial charge in [0.05, 0.1) is 0 Å². The van der Waals surface area contributed by atoms with Crippen molar-refractivity contribution >= 4 is 9.24 Å². The van der Waals surface area contributed by atoms with E-state index in [1.807, 2.05) is 0 Å². The van der Waals surface area contributed by atoms with Crippen molar-refractivity contribution < 1.29 is 0 Å². The smallest absolute Gasteiger partial charge is 0.0350 e. The van der Waals surface area contributed by atoms with Crippen LogP contribution in [0, 0.1) is 0 Å². The van der Waals surface area contributed by atoms with Gasteiger partial charge in [0.25, 0.3) is 0 Å². The first-order valence-electron chi connectivity index (χ1n) is 2.53. The van der Waals surface area contributed by atoms with Crippen LogP contribution in [-0.2, 0) is 0 Å². The summed E-state index contributed by atoms with van der Waals surface area (Å²) in [5, 5.41) is 0. The Bertz CT molecular complexity index is 40.7. The van der Waals surface area contributed by atoms with Gasteiger partial charge in [-0.15, -0.1) is 9.24 Å². The highest BCUT2D eigenvalue weighted by molar-refractivity contribution is 7.17. The molecule has 0 aliphatic heterocycles. The Morgan fingerprint density at radius 1 is 1.86 bits per heavy atom. The Labute approximate surface area is 47.0 Å². The van der Waals surface area contributed by atoms with Gasteiger partial charge < -0.3 is 0 Å². The molecule has 0 amide bonds. The maximum Gasteiger partial charge on any atom is 0.0350 e. The molecule has 3 heteroatoms. The molecule has 0 aromatic heterocycles. The van der Waals surface area contributed by atoms with Crippen LogP contribution in [0.5, 0.6) is 0 Å². The second kappa shape index (κ2) is 4.51. The van der Waals surface area contributed by atoms with Crippen molar-refractivity contribution in [1.82, 2.24) is 5.43 Å². The van der Waals surface area contributed by atoms with Crippen LogP contribution in [0.15, 0.2) is 0 Å². The fourth-order valence-corrected chi connectivity index (χ4v) is 0.728. The van der Waals surface area contributed by atoms with Gasteiger partial charge in [-0.05, 0) is 6.42 Å².